The number of rotatable bonds is 1. The molecule has 0 aromatic heterocycles. The molecule has 0 saturated carbocycles. The van der Waals surface area contributed by atoms with Gasteiger partial charge in [-0.2, -0.15) is 0 Å². The molecule has 0 spiro atoms. The molecule has 0 bridgehead atoms. The van der Waals surface area contributed by atoms with E-state index in [4.69, 9.17) is 9.84 Å². The van der Waals surface area contributed by atoms with Gasteiger partial charge in [-0.25, -0.2) is 4.39 Å². The monoisotopic (exact) mass is 248 g/mol. The first-order chi connectivity index (χ1) is 8.52. The van der Waals surface area contributed by atoms with Crippen molar-refractivity contribution < 1.29 is 14.2 Å². The molecule has 2 aromatic rings. The molecule has 3 heteroatoms. The van der Waals surface area contributed by atoms with Gasteiger partial charge in [0.15, 0.2) is 11.6 Å². The van der Waals surface area contributed by atoms with E-state index in [0.29, 0.717) is 0 Å². The van der Waals surface area contributed by atoms with Crippen molar-refractivity contribution >= 4 is 0 Å². The van der Waals surface area contributed by atoms with Crippen molar-refractivity contribution in [3.05, 3.63) is 59.4 Å². The number of halogens is 1. The van der Waals surface area contributed by atoms with Crippen LogP contribution in [-0.2, 0) is 0 Å². The Morgan fingerprint density at radius 2 is 1.50 bits per heavy atom. The van der Waals surface area contributed by atoms with E-state index < -0.39 is 5.82 Å². The highest BCUT2D eigenvalue weighted by Crippen LogP contribution is 2.14. The molecule has 2 rings (SSSR count). The van der Waals surface area contributed by atoms with Gasteiger partial charge in [-0.3, -0.25) is 0 Å². The quantitative estimate of drug-likeness (QED) is 0.830. The zero-order valence-corrected chi connectivity index (χ0v) is 10.8. The lowest BCUT2D eigenvalue weighted by atomic mass is 10.2. The minimum Gasteiger partial charge on any atom is -0.505 e. The molecule has 0 saturated heterocycles. The highest BCUT2D eigenvalue weighted by Gasteiger charge is 1.96. The van der Waals surface area contributed by atoms with Gasteiger partial charge in [-0.1, -0.05) is 23.8 Å². The second kappa shape index (κ2) is 6.64. The maximum absolute atomic E-state index is 12.3. The van der Waals surface area contributed by atoms with E-state index in [-0.39, 0.29) is 5.75 Å². The van der Waals surface area contributed by atoms with E-state index in [9.17, 15) is 4.39 Å². The number of phenolic OH excluding ortho intramolecular Hbond substituents is 1. The molecule has 0 unspecified atom stereocenters. The van der Waals surface area contributed by atoms with Crippen molar-refractivity contribution in [1.29, 1.82) is 0 Å². The zero-order chi connectivity index (χ0) is 13.5. The average molecular weight is 248 g/mol. The van der Waals surface area contributed by atoms with Crippen molar-refractivity contribution in [2.24, 2.45) is 0 Å². The summed E-state index contributed by atoms with van der Waals surface area (Å²) in [4.78, 5) is 0. The van der Waals surface area contributed by atoms with E-state index in [1.807, 2.05) is 24.3 Å². The maximum Gasteiger partial charge on any atom is 0.165 e. The highest BCUT2D eigenvalue weighted by atomic mass is 19.1. The Kier molecular flexibility index (Phi) is 5.18. The second-order valence-corrected chi connectivity index (χ2v) is 3.97. The number of benzene rings is 2. The Bertz CT molecular complexity index is 492. The standard InChI is InChI=1S/C8H10O.C7H7FO/c1-7-3-5-8(9-2)6-4-7;1-5-2-3-7(9)6(8)4-5/h3-6H,1-2H3;2-4,9H,1H3. The number of aryl methyl sites for hydroxylation is 2. The van der Waals surface area contributed by atoms with Crippen LogP contribution in [0.4, 0.5) is 4.39 Å². The summed E-state index contributed by atoms with van der Waals surface area (Å²) in [6, 6.07) is 12.2. The van der Waals surface area contributed by atoms with Gasteiger partial charge in [0, 0.05) is 0 Å². The van der Waals surface area contributed by atoms with Crippen LogP contribution in [0.25, 0.3) is 0 Å². The number of ether oxygens (including phenoxy) is 1. The SMILES string of the molecule is COc1ccc(C)cc1.Cc1ccc(O)c(F)c1. The largest absolute Gasteiger partial charge is 0.505 e. The minimum atomic E-state index is -0.560. The minimum absolute atomic E-state index is 0.291. The van der Waals surface area contributed by atoms with E-state index >= 15 is 0 Å². The fourth-order valence-electron chi connectivity index (χ4n) is 1.29. The first-order valence-corrected chi connectivity index (χ1v) is 5.58. The zero-order valence-electron chi connectivity index (χ0n) is 10.8. The lowest BCUT2D eigenvalue weighted by molar-refractivity contribution is 0.414. The molecule has 0 fully saturated rings. The Hall–Kier alpha value is -2.03. The molecule has 0 atom stereocenters. The van der Waals surface area contributed by atoms with Gasteiger partial charge in [0.2, 0.25) is 0 Å². The van der Waals surface area contributed by atoms with Crippen molar-refractivity contribution in [3.63, 3.8) is 0 Å². The van der Waals surface area contributed by atoms with E-state index in [1.54, 1.807) is 20.1 Å². The fourth-order valence-corrected chi connectivity index (χ4v) is 1.29. The van der Waals surface area contributed by atoms with E-state index in [1.165, 1.54) is 17.7 Å². The first-order valence-electron chi connectivity index (χ1n) is 5.58. The molecule has 2 aromatic carbocycles. The number of phenols is 1. The van der Waals surface area contributed by atoms with Gasteiger partial charge in [-0.15, -0.1) is 0 Å². The van der Waals surface area contributed by atoms with Gasteiger partial charge >= 0.3 is 0 Å². The summed E-state index contributed by atoms with van der Waals surface area (Å²) in [6.07, 6.45) is 0. The molecule has 0 amide bonds. The van der Waals surface area contributed by atoms with Crippen LogP contribution in [0.15, 0.2) is 42.5 Å². The number of aromatic hydroxyl groups is 1. The first kappa shape index (κ1) is 14.0. The molecule has 96 valence electrons. The van der Waals surface area contributed by atoms with Crippen molar-refractivity contribution in [2.45, 2.75) is 13.8 Å². The fraction of sp³-hybridized carbons (Fsp3) is 0.200. The lowest BCUT2D eigenvalue weighted by Crippen LogP contribution is -1.80. The van der Waals surface area contributed by atoms with Crippen LogP contribution in [0.5, 0.6) is 11.5 Å². The average Bonchev–Trinajstić information content (AvgIpc) is 2.36. The Labute approximate surface area is 107 Å². The van der Waals surface area contributed by atoms with Crippen molar-refractivity contribution in [2.75, 3.05) is 7.11 Å². The van der Waals surface area contributed by atoms with Gasteiger partial charge in [0.05, 0.1) is 7.11 Å². The van der Waals surface area contributed by atoms with Crippen molar-refractivity contribution in [1.82, 2.24) is 0 Å². The van der Waals surface area contributed by atoms with Crippen LogP contribution in [0.2, 0.25) is 0 Å². The van der Waals surface area contributed by atoms with Crippen LogP contribution in [0.1, 0.15) is 11.1 Å². The smallest absolute Gasteiger partial charge is 0.165 e. The normalized spacial score (nSPS) is 9.33. The van der Waals surface area contributed by atoms with Gasteiger partial charge in [0.25, 0.3) is 0 Å². The van der Waals surface area contributed by atoms with Crippen molar-refractivity contribution in [3.8, 4) is 11.5 Å². The molecule has 1 N–H and O–H groups in total. The summed E-state index contributed by atoms with van der Waals surface area (Å²) >= 11 is 0. The lowest BCUT2D eigenvalue weighted by Gasteiger charge is -1.97. The molecule has 0 aliphatic heterocycles. The van der Waals surface area contributed by atoms with Crippen LogP contribution < -0.4 is 4.74 Å². The predicted molar refractivity (Wildman–Crippen MR) is 70.5 cm³/mol. The number of hydrogen-bond donors (Lipinski definition) is 1. The van der Waals surface area contributed by atoms with E-state index in [0.717, 1.165) is 11.3 Å². The van der Waals surface area contributed by atoms with Gasteiger partial charge in [-0.05, 0) is 43.7 Å². The third kappa shape index (κ3) is 4.45. The molecular weight excluding hydrogens is 231 g/mol. The summed E-state index contributed by atoms with van der Waals surface area (Å²) in [6.45, 7) is 3.82. The van der Waals surface area contributed by atoms with Gasteiger partial charge in [0.1, 0.15) is 5.75 Å². The molecule has 18 heavy (non-hydrogen) atoms. The van der Waals surface area contributed by atoms with E-state index in [2.05, 4.69) is 6.92 Å². The summed E-state index contributed by atoms with van der Waals surface area (Å²) < 4.78 is 17.3. The van der Waals surface area contributed by atoms with Crippen LogP contribution in [0, 0.1) is 19.7 Å². The number of methoxy groups -OCH3 is 1. The summed E-state index contributed by atoms with van der Waals surface area (Å²) in [5.41, 5.74) is 2.07. The Morgan fingerprint density at radius 3 is 1.94 bits per heavy atom. The topological polar surface area (TPSA) is 29.5 Å². The summed E-state index contributed by atoms with van der Waals surface area (Å²) in [7, 11) is 1.67. The van der Waals surface area contributed by atoms with Gasteiger partial charge < -0.3 is 9.84 Å². The highest BCUT2D eigenvalue weighted by molar-refractivity contribution is 5.27. The summed E-state index contributed by atoms with van der Waals surface area (Å²) in [5, 5.41) is 8.67. The predicted octanol–water partition coefficient (Wildman–Crippen LogP) is 3.84. The van der Waals surface area contributed by atoms with Crippen LogP contribution in [0.3, 0.4) is 0 Å². The molecular formula is C15H17FO2. The van der Waals surface area contributed by atoms with Crippen LogP contribution in [-0.4, -0.2) is 12.2 Å². The molecule has 0 aliphatic carbocycles. The Balaban J connectivity index is 0.000000180. The Morgan fingerprint density at radius 1 is 0.944 bits per heavy atom. The van der Waals surface area contributed by atoms with Crippen LogP contribution >= 0.6 is 0 Å². The third-order valence-corrected chi connectivity index (χ3v) is 2.36. The summed E-state index contributed by atoms with van der Waals surface area (Å²) in [5.74, 6) is 0.0659. The maximum atomic E-state index is 12.3. The molecule has 0 aliphatic rings. The second-order valence-electron chi connectivity index (χ2n) is 3.97. The number of hydrogen-bond acceptors (Lipinski definition) is 2. The molecule has 0 heterocycles. The molecule has 0 radical (unpaired) electrons. The third-order valence-electron chi connectivity index (χ3n) is 2.36. The molecule has 2 nitrogen and oxygen atoms in total.